The predicted octanol–water partition coefficient (Wildman–Crippen LogP) is 1.80. The maximum atomic E-state index is 13.1. The van der Waals surface area contributed by atoms with Gasteiger partial charge in [0.25, 0.3) is 5.91 Å². The number of urea groups is 1. The van der Waals surface area contributed by atoms with Gasteiger partial charge in [0.05, 0.1) is 19.3 Å². The molecule has 1 N–H and O–H groups in total. The summed E-state index contributed by atoms with van der Waals surface area (Å²) in [6.45, 7) is 0.434. The molecule has 7 nitrogen and oxygen atoms in total. The van der Waals surface area contributed by atoms with E-state index in [-0.39, 0.29) is 12.5 Å². The summed E-state index contributed by atoms with van der Waals surface area (Å²) in [6.07, 6.45) is 1.89. The number of halogens is 1. The molecule has 24 heavy (non-hydrogen) atoms. The zero-order valence-electron chi connectivity index (χ0n) is 13.0. The molecule has 2 aromatic rings. The number of nitrogens with zero attached hydrogens (tertiary/aromatic N) is 3. The molecule has 1 atom stereocenters. The number of imide groups is 1. The van der Waals surface area contributed by atoms with Crippen molar-refractivity contribution in [2.75, 3.05) is 6.61 Å². The number of fused-ring (bicyclic) bond motifs is 2. The van der Waals surface area contributed by atoms with Gasteiger partial charge in [-0.1, -0.05) is 29.8 Å². The fourth-order valence-electron chi connectivity index (χ4n) is 3.23. The summed E-state index contributed by atoms with van der Waals surface area (Å²) in [4.78, 5) is 30.9. The van der Waals surface area contributed by atoms with E-state index in [1.54, 1.807) is 17.7 Å². The van der Waals surface area contributed by atoms with E-state index in [9.17, 15) is 9.59 Å². The lowest BCUT2D eigenvalue weighted by molar-refractivity contribution is -0.133. The first-order chi connectivity index (χ1) is 11.5. The van der Waals surface area contributed by atoms with Crippen molar-refractivity contribution >= 4 is 23.5 Å². The third-order valence-electron chi connectivity index (χ3n) is 4.58. The van der Waals surface area contributed by atoms with E-state index < -0.39 is 11.6 Å². The van der Waals surface area contributed by atoms with Crippen molar-refractivity contribution < 1.29 is 14.3 Å². The van der Waals surface area contributed by atoms with Gasteiger partial charge < -0.3 is 14.6 Å². The number of hydrogen-bond acceptors (Lipinski definition) is 4. The Kier molecular flexibility index (Phi) is 3.28. The van der Waals surface area contributed by atoms with E-state index in [0.717, 1.165) is 0 Å². The predicted molar refractivity (Wildman–Crippen MR) is 85.5 cm³/mol. The van der Waals surface area contributed by atoms with Gasteiger partial charge in [0, 0.05) is 19.0 Å². The zero-order chi connectivity index (χ0) is 16.9. The molecule has 1 aromatic heterocycles. The Labute approximate surface area is 143 Å². The zero-order valence-corrected chi connectivity index (χ0v) is 13.7. The third-order valence-corrected chi connectivity index (χ3v) is 4.94. The Balaban J connectivity index is 1.71. The molecule has 2 aliphatic heterocycles. The molecule has 0 bridgehead atoms. The summed E-state index contributed by atoms with van der Waals surface area (Å²) >= 11 is 5.98. The van der Waals surface area contributed by atoms with Crippen LogP contribution in [0.5, 0.6) is 5.75 Å². The lowest BCUT2D eigenvalue weighted by atomic mass is 9.84. The minimum Gasteiger partial charge on any atom is -0.493 e. The Morgan fingerprint density at radius 3 is 2.92 bits per heavy atom. The molecule has 1 aromatic carbocycles. The number of para-hydroxylation sites is 1. The SMILES string of the molecule is Cn1c(Cl)cnc1CN1C(=O)NC2(CCOc3ccccc32)C1=O. The van der Waals surface area contributed by atoms with Crippen LogP contribution in [-0.4, -0.2) is 33.0 Å². The van der Waals surface area contributed by atoms with Gasteiger partial charge >= 0.3 is 6.03 Å². The molecular formula is C16H15ClN4O3. The molecule has 0 saturated carbocycles. The smallest absolute Gasteiger partial charge is 0.325 e. The highest BCUT2D eigenvalue weighted by Gasteiger charge is 2.54. The fourth-order valence-corrected chi connectivity index (χ4v) is 3.37. The molecule has 0 radical (unpaired) electrons. The minimum absolute atomic E-state index is 0.0681. The first-order valence-electron chi connectivity index (χ1n) is 7.55. The second-order valence-electron chi connectivity index (χ2n) is 5.88. The summed E-state index contributed by atoms with van der Waals surface area (Å²) in [7, 11) is 1.74. The van der Waals surface area contributed by atoms with Crippen molar-refractivity contribution in [2.45, 2.75) is 18.5 Å². The van der Waals surface area contributed by atoms with Gasteiger partial charge in [-0.15, -0.1) is 0 Å². The number of hydrogen-bond donors (Lipinski definition) is 1. The van der Waals surface area contributed by atoms with E-state index in [1.165, 1.54) is 11.1 Å². The third kappa shape index (κ3) is 2.01. The summed E-state index contributed by atoms with van der Waals surface area (Å²) in [5, 5.41) is 3.31. The number of carbonyl (C=O) groups excluding carboxylic acids is 2. The number of amides is 3. The highest BCUT2D eigenvalue weighted by Crippen LogP contribution is 2.41. The summed E-state index contributed by atoms with van der Waals surface area (Å²) in [5.41, 5.74) is -0.379. The molecule has 1 saturated heterocycles. The molecular weight excluding hydrogens is 332 g/mol. The topological polar surface area (TPSA) is 76.5 Å². The van der Waals surface area contributed by atoms with E-state index in [1.807, 2.05) is 18.2 Å². The number of benzene rings is 1. The lowest BCUT2D eigenvalue weighted by Gasteiger charge is -2.33. The normalized spacial score (nSPS) is 22.5. The van der Waals surface area contributed by atoms with Crippen LogP contribution in [0.1, 0.15) is 17.8 Å². The van der Waals surface area contributed by atoms with Crippen molar-refractivity contribution in [3.05, 3.63) is 47.0 Å². The molecule has 8 heteroatoms. The van der Waals surface area contributed by atoms with Gasteiger partial charge in [-0.3, -0.25) is 9.69 Å². The summed E-state index contributed by atoms with van der Waals surface area (Å²) < 4.78 is 7.26. The molecule has 1 spiro atoms. The number of carbonyl (C=O) groups is 2. The molecule has 0 aliphatic carbocycles. The van der Waals surface area contributed by atoms with E-state index in [4.69, 9.17) is 16.3 Å². The summed E-state index contributed by atoms with van der Waals surface area (Å²) in [5.74, 6) is 0.877. The van der Waals surface area contributed by atoms with E-state index in [0.29, 0.717) is 35.3 Å². The van der Waals surface area contributed by atoms with E-state index in [2.05, 4.69) is 10.3 Å². The standard InChI is InChI=1S/C16H15ClN4O3/c1-20-12(17)8-18-13(20)9-21-14(22)16(19-15(21)23)6-7-24-11-5-3-2-4-10(11)16/h2-5,8H,6-7,9H2,1H3,(H,19,23). The van der Waals surface area contributed by atoms with Crippen LogP contribution in [0.4, 0.5) is 4.79 Å². The van der Waals surface area contributed by atoms with Crippen LogP contribution in [0.2, 0.25) is 5.15 Å². The van der Waals surface area contributed by atoms with Gasteiger partial charge in [0.1, 0.15) is 16.7 Å². The van der Waals surface area contributed by atoms with Crippen molar-refractivity contribution in [2.24, 2.45) is 7.05 Å². The molecule has 1 fully saturated rings. The number of nitrogens with one attached hydrogen (secondary N) is 1. The summed E-state index contributed by atoms with van der Waals surface area (Å²) in [6, 6.07) is 6.85. The highest BCUT2D eigenvalue weighted by atomic mass is 35.5. The second-order valence-corrected chi connectivity index (χ2v) is 6.26. The number of rotatable bonds is 2. The molecule has 3 heterocycles. The van der Waals surface area contributed by atoms with Gasteiger partial charge in [0.2, 0.25) is 0 Å². The molecule has 4 rings (SSSR count). The highest BCUT2D eigenvalue weighted by molar-refractivity contribution is 6.29. The molecule has 2 aliphatic rings. The van der Waals surface area contributed by atoms with Crippen LogP contribution < -0.4 is 10.1 Å². The number of aromatic nitrogens is 2. The molecule has 1 unspecified atom stereocenters. The molecule has 3 amide bonds. The van der Waals surface area contributed by atoms with Crippen molar-refractivity contribution in [3.8, 4) is 5.75 Å². The van der Waals surface area contributed by atoms with Gasteiger partial charge in [-0.05, 0) is 6.07 Å². The van der Waals surface area contributed by atoms with Crippen LogP contribution in [-0.2, 0) is 23.9 Å². The van der Waals surface area contributed by atoms with Crippen LogP contribution >= 0.6 is 11.6 Å². The maximum absolute atomic E-state index is 13.1. The first-order valence-corrected chi connectivity index (χ1v) is 7.93. The quantitative estimate of drug-likeness (QED) is 0.841. The average Bonchev–Trinajstić information content (AvgIpc) is 3.02. The Morgan fingerprint density at radius 1 is 1.38 bits per heavy atom. The lowest BCUT2D eigenvalue weighted by Crippen LogP contribution is -2.47. The monoisotopic (exact) mass is 346 g/mol. The second kappa shape index (κ2) is 5.24. The van der Waals surface area contributed by atoms with E-state index >= 15 is 0 Å². The fraction of sp³-hybridized carbons (Fsp3) is 0.312. The number of ether oxygens (including phenoxy) is 1. The van der Waals surface area contributed by atoms with Crippen LogP contribution in [0.15, 0.2) is 30.5 Å². The first kappa shape index (κ1) is 15.0. The Hall–Kier alpha value is -2.54. The molecule has 124 valence electrons. The van der Waals surface area contributed by atoms with Crippen LogP contribution in [0, 0.1) is 0 Å². The minimum atomic E-state index is -1.07. The van der Waals surface area contributed by atoms with Crippen LogP contribution in [0.25, 0.3) is 0 Å². The van der Waals surface area contributed by atoms with Gasteiger partial charge in [-0.2, -0.15) is 0 Å². The number of imidazole rings is 1. The van der Waals surface area contributed by atoms with Crippen molar-refractivity contribution in [3.63, 3.8) is 0 Å². The van der Waals surface area contributed by atoms with Gasteiger partial charge in [0.15, 0.2) is 5.54 Å². The Morgan fingerprint density at radius 2 is 2.17 bits per heavy atom. The van der Waals surface area contributed by atoms with Gasteiger partial charge in [-0.25, -0.2) is 9.78 Å². The Bertz CT molecular complexity index is 850. The van der Waals surface area contributed by atoms with Crippen molar-refractivity contribution in [1.82, 2.24) is 19.8 Å². The van der Waals surface area contributed by atoms with Crippen LogP contribution in [0.3, 0.4) is 0 Å². The maximum Gasteiger partial charge on any atom is 0.325 e. The average molecular weight is 347 g/mol. The largest absolute Gasteiger partial charge is 0.493 e. The van der Waals surface area contributed by atoms with Crippen molar-refractivity contribution in [1.29, 1.82) is 0 Å².